The molecule has 4 nitrogen and oxygen atoms in total. The Balaban J connectivity index is 0.00000169. The number of amides is 1. The minimum Gasteiger partial charge on any atom is -0.373 e. The van der Waals surface area contributed by atoms with Gasteiger partial charge in [0.2, 0.25) is 5.91 Å². The number of hydrogen-bond donors (Lipinski definition) is 1. The molecule has 2 heterocycles. The molecule has 2 aliphatic heterocycles. The number of nitrogens with one attached hydrogen (secondary N) is 1. The molecule has 2 fully saturated rings. The molecule has 0 aromatic heterocycles. The molecule has 1 aliphatic carbocycles. The second-order valence-corrected chi connectivity index (χ2v) is 7.79. The van der Waals surface area contributed by atoms with Crippen LogP contribution in [-0.4, -0.2) is 39.1 Å². The maximum atomic E-state index is 13.3. The number of para-hydroxylation sites is 2. The van der Waals surface area contributed by atoms with E-state index in [0.29, 0.717) is 17.2 Å². The smallest absolute Gasteiger partial charge is 0.230 e. The molecule has 3 aliphatic rings. The molecule has 1 N–H and O–H groups in total. The third-order valence-corrected chi connectivity index (χ3v) is 6.02. The molecular formula is C19H28ClN3O. The first-order chi connectivity index (χ1) is 11.1. The SMILES string of the molecule is CC1CN(C)c2ccccc2N(C(=O)C2CC23CCNCC3)C1.Cl. The molecule has 1 saturated carbocycles. The van der Waals surface area contributed by atoms with Crippen LogP contribution in [0.15, 0.2) is 24.3 Å². The van der Waals surface area contributed by atoms with Gasteiger partial charge < -0.3 is 15.1 Å². The van der Waals surface area contributed by atoms with Crippen molar-refractivity contribution in [1.29, 1.82) is 0 Å². The summed E-state index contributed by atoms with van der Waals surface area (Å²) in [6, 6.07) is 8.37. The average molecular weight is 350 g/mol. The number of fused-ring (bicyclic) bond motifs is 1. The fraction of sp³-hybridized carbons (Fsp3) is 0.632. The van der Waals surface area contributed by atoms with Crippen LogP contribution in [0.1, 0.15) is 26.2 Å². The van der Waals surface area contributed by atoms with Crippen molar-refractivity contribution >= 4 is 29.7 Å². The van der Waals surface area contributed by atoms with Gasteiger partial charge >= 0.3 is 0 Å². The Morgan fingerprint density at radius 1 is 1.17 bits per heavy atom. The van der Waals surface area contributed by atoms with Gasteiger partial charge in [-0.15, -0.1) is 12.4 Å². The van der Waals surface area contributed by atoms with E-state index < -0.39 is 0 Å². The van der Waals surface area contributed by atoms with E-state index in [0.717, 1.165) is 51.1 Å². The first kappa shape index (κ1) is 17.6. The van der Waals surface area contributed by atoms with Crippen molar-refractivity contribution in [3.63, 3.8) is 0 Å². The molecule has 0 radical (unpaired) electrons. The van der Waals surface area contributed by atoms with Crippen LogP contribution in [0.2, 0.25) is 0 Å². The van der Waals surface area contributed by atoms with Crippen molar-refractivity contribution in [2.24, 2.45) is 17.3 Å². The minimum absolute atomic E-state index is 0. The highest BCUT2D eigenvalue weighted by Crippen LogP contribution is 2.59. The summed E-state index contributed by atoms with van der Waals surface area (Å²) in [6.07, 6.45) is 3.42. The summed E-state index contributed by atoms with van der Waals surface area (Å²) < 4.78 is 0. The van der Waals surface area contributed by atoms with Gasteiger partial charge in [-0.3, -0.25) is 4.79 Å². The van der Waals surface area contributed by atoms with Gasteiger partial charge in [-0.25, -0.2) is 0 Å². The minimum atomic E-state index is 0. The normalized spacial score (nSPS) is 27.9. The highest BCUT2D eigenvalue weighted by atomic mass is 35.5. The van der Waals surface area contributed by atoms with E-state index in [-0.39, 0.29) is 18.3 Å². The summed E-state index contributed by atoms with van der Waals surface area (Å²) in [4.78, 5) is 17.7. The van der Waals surface area contributed by atoms with E-state index in [9.17, 15) is 4.79 Å². The van der Waals surface area contributed by atoms with E-state index >= 15 is 0 Å². The molecule has 1 aromatic carbocycles. The summed E-state index contributed by atoms with van der Waals surface area (Å²) in [5.41, 5.74) is 2.59. The van der Waals surface area contributed by atoms with E-state index in [1.165, 1.54) is 5.69 Å². The summed E-state index contributed by atoms with van der Waals surface area (Å²) in [7, 11) is 2.13. The fourth-order valence-corrected chi connectivity index (χ4v) is 4.62. The summed E-state index contributed by atoms with van der Waals surface area (Å²) in [6.45, 7) is 6.22. The van der Waals surface area contributed by atoms with Crippen molar-refractivity contribution in [1.82, 2.24) is 5.32 Å². The number of hydrogen-bond acceptors (Lipinski definition) is 3. The van der Waals surface area contributed by atoms with E-state index in [2.05, 4.69) is 53.4 Å². The zero-order valence-corrected chi connectivity index (χ0v) is 15.4. The van der Waals surface area contributed by atoms with Gasteiger partial charge in [-0.2, -0.15) is 0 Å². The van der Waals surface area contributed by atoms with E-state index in [1.54, 1.807) is 0 Å². The van der Waals surface area contributed by atoms with E-state index in [1.807, 2.05) is 0 Å². The number of carbonyl (C=O) groups excluding carboxylic acids is 1. The van der Waals surface area contributed by atoms with Crippen LogP contribution in [0.4, 0.5) is 11.4 Å². The highest BCUT2D eigenvalue weighted by molar-refractivity contribution is 6.00. The first-order valence-corrected chi connectivity index (χ1v) is 8.93. The monoisotopic (exact) mass is 349 g/mol. The zero-order valence-electron chi connectivity index (χ0n) is 14.6. The summed E-state index contributed by atoms with van der Waals surface area (Å²) in [5.74, 6) is 1.09. The molecule has 1 saturated heterocycles. The number of anilines is 2. The molecular weight excluding hydrogens is 322 g/mol. The molecule has 1 amide bonds. The molecule has 1 aromatic rings. The average Bonchev–Trinajstić information content (AvgIpc) is 3.27. The third kappa shape index (κ3) is 2.91. The van der Waals surface area contributed by atoms with Gasteiger partial charge in [0.15, 0.2) is 0 Å². The van der Waals surface area contributed by atoms with Crippen LogP contribution >= 0.6 is 12.4 Å². The molecule has 2 unspecified atom stereocenters. The molecule has 0 bridgehead atoms. The van der Waals surface area contributed by atoms with Crippen LogP contribution in [0.25, 0.3) is 0 Å². The van der Waals surface area contributed by atoms with Crippen LogP contribution in [0, 0.1) is 17.3 Å². The number of rotatable bonds is 1. The number of benzene rings is 1. The van der Waals surface area contributed by atoms with Gasteiger partial charge in [0.05, 0.1) is 11.4 Å². The Labute approximate surface area is 151 Å². The summed E-state index contributed by atoms with van der Waals surface area (Å²) in [5, 5.41) is 3.43. The van der Waals surface area contributed by atoms with Crippen molar-refractivity contribution in [2.45, 2.75) is 26.2 Å². The molecule has 1 spiro atoms. The Bertz CT molecular complexity index is 614. The zero-order chi connectivity index (χ0) is 16.0. The van der Waals surface area contributed by atoms with Crippen molar-refractivity contribution in [3.8, 4) is 0 Å². The second kappa shape index (κ2) is 6.57. The lowest BCUT2D eigenvalue weighted by molar-refractivity contribution is -0.120. The van der Waals surface area contributed by atoms with Crippen molar-refractivity contribution in [2.75, 3.05) is 43.0 Å². The largest absolute Gasteiger partial charge is 0.373 e. The standard InChI is InChI=1S/C19H27N3O.ClH/c1-14-12-21(2)16-5-3-4-6-17(16)22(13-14)18(23)15-11-19(15)7-9-20-10-8-19;/h3-6,14-15,20H,7-13H2,1-2H3;1H. The van der Waals surface area contributed by atoms with Gasteiger partial charge in [0, 0.05) is 26.1 Å². The molecule has 132 valence electrons. The van der Waals surface area contributed by atoms with Gasteiger partial charge in [-0.1, -0.05) is 19.1 Å². The third-order valence-electron chi connectivity index (χ3n) is 6.02. The van der Waals surface area contributed by atoms with Crippen LogP contribution in [-0.2, 0) is 4.79 Å². The summed E-state index contributed by atoms with van der Waals surface area (Å²) >= 11 is 0. The molecule has 5 heteroatoms. The Hall–Kier alpha value is -1.26. The van der Waals surface area contributed by atoms with Crippen LogP contribution in [0.5, 0.6) is 0 Å². The molecule has 2 atom stereocenters. The maximum absolute atomic E-state index is 13.3. The van der Waals surface area contributed by atoms with Gasteiger partial charge in [0.1, 0.15) is 0 Å². The van der Waals surface area contributed by atoms with E-state index in [4.69, 9.17) is 0 Å². The molecule has 24 heavy (non-hydrogen) atoms. The van der Waals surface area contributed by atoms with Crippen LogP contribution in [0.3, 0.4) is 0 Å². The predicted molar refractivity (Wildman–Crippen MR) is 101 cm³/mol. The number of nitrogens with zero attached hydrogens (tertiary/aromatic N) is 2. The number of carbonyl (C=O) groups is 1. The Morgan fingerprint density at radius 2 is 1.83 bits per heavy atom. The lowest BCUT2D eigenvalue weighted by Crippen LogP contribution is -2.38. The van der Waals surface area contributed by atoms with Gasteiger partial charge in [0.25, 0.3) is 0 Å². The Kier molecular flexibility index (Phi) is 4.80. The molecule has 4 rings (SSSR count). The Morgan fingerprint density at radius 3 is 2.54 bits per heavy atom. The van der Waals surface area contributed by atoms with Crippen molar-refractivity contribution in [3.05, 3.63) is 24.3 Å². The maximum Gasteiger partial charge on any atom is 0.230 e. The lowest BCUT2D eigenvalue weighted by Gasteiger charge is -2.28. The fourth-order valence-electron chi connectivity index (χ4n) is 4.62. The second-order valence-electron chi connectivity index (χ2n) is 7.79. The quantitative estimate of drug-likeness (QED) is 0.846. The lowest BCUT2D eigenvalue weighted by atomic mass is 9.91. The number of piperidine rings is 1. The van der Waals surface area contributed by atoms with Gasteiger partial charge in [-0.05, 0) is 55.8 Å². The van der Waals surface area contributed by atoms with Crippen LogP contribution < -0.4 is 15.1 Å². The predicted octanol–water partition coefficient (Wildman–Crippen LogP) is 2.92. The number of halogens is 1. The van der Waals surface area contributed by atoms with Crippen molar-refractivity contribution < 1.29 is 4.79 Å². The highest BCUT2D eigenvalue weighted by Gasteiger charge is 2.58. The topological polar surface area (TPSA) is 35.6 Å². The first-order valence-electron chi connectivity index (χ1n) is 8.93.